The molecule has 2 bridgehead atoms. The maximum Gasteiger partial charge on any atom is 0.0774 e. The molecule has 0 spiro atoms. The molecule has 108 valence electrons. The number of hydrogen-bond acceptors (Lipinski definition) is 2. The first-order valence-corrected chi connectivity index (χ1v) is 8.20. The van der Waals surface area contributed by atoms with Gasteiger partial charge in [-0.25, -0.2) is 0 Å². The number of aliphatic hydroxyl groups is 1. The van der Waals surface area contributed by atoms with Crippen LogP contribution in [0.15, 0.2) is 12.2 Å². The predicted molar refractivity (Wildman–Crippen MR) is 78.9 cm³/mol. The van der Waals surface area contributed by atoms with Crippen LogP contribution in [0.4, 0.5) is 0 Å². The lowest BCUT2D eigenvalue weighted by Gasteiger charge is -2.37. The van der Waals surface area contributed by atoms with Gasteiger partial charge in [-0.2, -0.15) is 0 Å². The van der Waals surface area contributed by atoms with E-state index in [0.29, 0.717) is 12.0 Å². The molecule has 2 N–H and O–H groups in total. The molecule has 3 aliphatic rings. The zero-order valence-electron chi connectivity index (χ0n) is 12.4. The Kier molecular flexibility index (Phi) is 3.74. The number of fused-ring (bicyclic) bond motifs is 2. The van der Waals surface area contributed by atoms with E-state index in [2.05, 4.69) is 31.3 Å². The molecule has 0 aliphatic heterocycles. The molecule has 0 aromatic heterocycles. The Morgan fingerprint density at radius 3 is 2.84 bits per heavy atom. The van der Waals surface area contributed by atoms with E-state index in [-0.39, 0.29) is 0 Å². The van der Waals surface area contributed by atoms with Gasteiger partial charge >= 0.3 is 0 Å². The molecule has 0 saturated heterocycles. The minimum absolute atomic E-state index is 0.445. The van der Waals surface area contributed by atoms with Gasteiger partial charge in [-0.05, 0) is 56.3 Å². The minimum Gasteiger partial charge on any atom is -0.389 e. The highest BCUT2D eigenvalue weighted by molar-refractivity contribution is 5.11. The van der Waals surface area contributed by atoms with Gasteiger partial charge in [-0.3, -0.25) is 0 Å². The summed E-state index contributed by atoms with van der Waals surface area (Å²) in [6, 6.07) is 0.543. The highest BCUT2D eigenvalue weighted by Crippen LogP contribution is 2.45. The molecular formula is C17H29NO. The predicted octanol–water partition coefficient (Wildman–Crippen LogP) is 3.12. The number of rotatable bonds is 4. The minimum atomic E-state index is -0.445. The van der Waals surface area contributed by atoms with Gasteiger partial charge in [0, 0.05) is 12.6 Å². The van der Waals surface area contributed by atoms with Gasteiger partial charge in [-0.1, -0.05) is 31.9 Å². The summed E-state index contributed by atoms with van der Waals surface area (Å²) >= 11 is 0. The fourth-order valence-electron chi connectivity index (χ4n) is 4.69. The summed E-state index contributed by atoms with van der Waals surface area (Å²) in [5.74, 6) is 3.12. The van der Waals surface area contributed by atoms with Crippen molar-refractivity contribution in [3.8, 4) is 0 Å². The molecule has 6 atom stereocenters. The summed E-state index contributed by atoms with van der Waals surface area (Å²) < 4.78 is 0. The van der Waals surface area contributed by atoms with Crippen LogP contribution in [0.3, 0.4) is 0 Å². The molecule has 0 aromatic carbocycles. The van der Waals surface area contributed by atoms with Gasteiger partial charge in [0.1, 0.15) is 0 Å². The maximum atomic E-state index is 10.7. The van der Waals surface area contributed by atoms with Crippen molar-refractivity contribution < 1.29 is 5.11 Å². The molecule has 0 radical (unpaired) electrons. The molecule has 2 heteroatoms. The monoisotopic (exact) mass is 263 g/mol. The van der Waals surface area contributed by atoms with Crippen LogP contribution in [-0.2, 0) is 0 Å². The van der Waals surface area contributed by atoms with E-state index in [9.17, 15) is 5.11 Å². The molecular weight excluding hydrogens is 234 g/mol. The van der Waals surface area contributed by atoms with Crippen molar-refractivity contribution in [2.24, 2.45) is 23.7 Å². The second kappa shape index (κ2) is 5.21. The van der Waals surface area contributed by atoms with Crippen molar-refractivity contribution in [3.63, 3.8) is 0 Å². The average Bonchev–Trinajstić information content (AvgIpc) is 2.98. The van der Waals surface area contributed by atoms with Gasteiger partial charge in [0.15, 0.2) is 0 Å². The highest BCUT2D eigenvalue weighted by Gasteiger charge is 2.39. The largest absolute Gasteiger partial charge is 0.389 e. The molecule has 19 heavy (non-hydrogen) atoms. The molecule has 6 unspecified atom stereocenters. The summed E-state index contributed by atoms with van der Waals surface area (Å²) in [6.45, 7) is 5.37. The lowest BCUT2D eigenvalue weighted by Crippen LogP contribution is -2.48. The molecule has 0 amide bonds. The van der Waals surface area contributed by atoms with Crippen LogP contribution in [0.25, 0.3) is 0 Å². The Labute approximate surface area is 117 Å². The van der Waals surface area contributed by atoms with E-state index in [1.807, 2.05) is 0 Å². The normalized spacial score (nSPS) is 46.7. The first-order valence-electron chi connectivity index (χ1n) is 8.20. The van der Waals surface area contributed by atoms with Gasteiger partial charge in [0.05, 0.1) is 5.60 Å². The smallest absolute Gasteiger partial charge is 0.0774 e. The second-order valence-electron chi connectivity index (χ2n) is 7.54. The SMILES string of the molecule is CC1CCCC(O)(CNC(C)C2CC3C=CC2C3)C1. The lowest BCUT2D eigenvalue weighted by atomic mass is 9.78. The quantitative estimate of drug-likeness (QED) is 0.764. The number of allylic oxidation sites excluding steroid dienone is 2. The highest BCUT2D eigenvalue weighted by atomic mass is 16.3. The molecule has 0 aromatic rings. The van der Waals surface area contributed by atoms with E-state index in [0.717, 1.165) is 37.1 Å². The number of hydrogen-bond donors (Lipinski definition) is 2. The third kappa shape index (κ3) is 2.90. The lowest BCUT2D eigenvalue weighted by molar-refractivity contribution is -0.0149. The Bertz CT molecular complexity index is 353. The van der Waals surface area contributed by atoms with Crippen molar-refractivity contribution in [1.82, 2.24) is 5.32 Å². The standard InChI is InChI=1S/C17H29NO/c1-12-4-3-7-17(19,10-12)11-18-13(2)16-9-14-5-6-15(16)8-14/h5-6,12-16,18-19H,3-4,7-11H2,1-2H3. The van der Waals surface area contributed by atoms with Crippen LogP contribution in [0.2, 0.25) is 0 Å². The Balaban J connectivity index is 1.50. The molecule has 3 rings (SSSR count). The summed E-state index contributed by atoms with van der Waals surface area (Å²) in [5, 5.41) is 14.3. The molecule has 0 heterocycles. The van der Waals surface area contributed by atoms with Crippen LogP contribution >= 0.6 is 0 Å². The Morgan fingerprint density at radius 1 is 1.37 bits per heavy atom. The van der Waals surface area contributed by atoms with E-state index in [1.54, 1.807) is 0 Å². The van der Waals surface area contributed by atoms with Crippen LogP contribution in [0, 0.1) is 23.7 Å². The van der Waals surface area contributed by atoms with Gasteiger partial charge in [-0.15, -0.1) is 0 Å². The molecule has 2 nitrogen and oxygen atoms in total. The topological polar surface area (TPSA) is 32.3 Å². The van der Waals surface area contributed by atoms with Gasteiger partial charge in [0.25, 0.3) is 0 Å². The average molecular weight is 263 g/mol. The Morgan fingerprint density at radius 2 is 2.21 bits per heavy atom. The van der Waals surface area contributed by atoms with E-state index < -0.39 is 5.60 Å². The summed E-state index contributed by atoms with van der Waals surface area (Å²) in [7, 11) is 0. The first kappa shape index (κ1) is 13.6. The first-order chi connectivity index (χ1) is 9.06. The van der Waals surface area contributed by atoms with E-state index in [1.165, 1.54) is 25.7 Å². The fourth-order valence-corrected chi connectivity index (χ4v) is 4.69. The van der Waals surface area contributed by atoms with Crippen LogP contribution in [0.5, 0.6) is 0 Å². The van der Waals surface area contributed by atoms with Crippen molar-refractivity contribution in [3.05, 3.63) is 12.2 Å². The zero-order chi connectivity index (χ0) is 13.5. The maximum absolute atomic E-state index is 10.7. The van der Waals surface area contributed by atoms with Crippen LogP contribution < -0.4 is 5.32 Å². The fraction of sp³-hybridized carbons (Fsp3) is 0.882. The zero-order valence-corrected chi connectivity index (χ0v) is 12.4. The molecule has 3 aliphatic carbocycles. The van der Waals surface area contributed by atoms with Gasteiger partial charge in [0.2, 0.25) is 0 Å². The third-order valence-electron chi connectivity index (χ3n) is 5.79. The second-order valence-corrected chi connectivity index (χ2v) is 7.54. The van der Waals surface area contributed by atoms with Crippen LogP contribution in [0.1, 0.15) is 52.4 Å². The summed E-state index contributed by atoms with van der Waals surface area (Å²) in [5.41, 5.74) is -0.445. The molecule has 2 fully saturated rings. The van der Waals surface area contributed by atoms with Crippen molar-refractivity contribution in [2.45, 2.75) is 64.0 Å². The van der Waals surface area contributed by atoms with Gasteiger partial charge < -0.3 is 10.4 Å². The molecule has 2 saturated carbocycles. The number of nitrogens with one attached hydrogen (secondary N) is 1. The summed E-state index contributed by atoms with van der Waals surface area (Å²) in [4.78, 5) is 0. The van der Waals surface area contributed by atoms with Crippen LogP contribution in [-0.4, -0.2) is 23.3 Å². The summed E-state index contributed by atoms with van der Waals surface area (Å²) in [6.07, 6.45) is 12.0. The van der Waals surface area contributed by atoms with E-state index >= 15 is 0 Å². The van der Waals surface area contributed by atoms with Crippen molar-refractivity contribution in [2.75, 3.05) is 6.54 Å². The van der Waals surface area contributed by atoms with E-state index in [4.69, 9.17) is 0 Å². The van der Waals surface area contributed by atoms with Crippen molar-refractivity contribution in [1.29, 1.82) is 0 Å². The van der Waals surface area contributed by atoms with Crippen molar-refractivity contribution >= 4 is 0 Å². The Hall–Kier alpha value is -0.340. The third-order valence-corrected chi connectivity index (χ3v) is 5.79.